The number of pyridine rings is 15. The van der Waals surface area contributed by atoms with Gasteiger partial charge in [-0.3, -0.25) is 73.8 Å². The number of halogens is 4. The van der Waals surface area contributed by atoms with Crippen LogP contribution >= 0.6 is 46.4 Å². The number of carbonyl (C=O) groups is 5. The highest BCUT2D eigenvalue weighted by Crippen LogP contribution is 2.31. The maximum absolute atomic E-state index is 12.6. The van der Waals surface area contributed by atoms with E-state index in [1.165, 1.54) is 24.8 Å². The maximum atomic E-state index is 12.6. The fraction of sp³-hybridized carbons (Fsp3) is 0.167. The van der Waals surface area contributed by atoms with Gasteiger partial charge in [0.15, 0.2) is 28.9 Å². The molecule has 0 atom stereocenters. The maximum Gasteiger partial charge on any atom is 0.187 e. The summed E-state index contributed by atoms with van der Waals surface area (Å²) in [4.78, 5) is 126. The minimum absolute atomic E-state index is 0.0892. The Hall–Kier alpha value is -14.2. The van der Waals surface area contributed by atoms with E-state index in [9.17, 15) is 24.0 Å². The van der Waals surface area contributed by atoms with Gasteiger partial charge in [-0.2, -0.15) is 0 Å². The van der Waals surface area contributed by atoms with Crippen LogP contribution in [-0.2, 0) is 32.1 Å². The van der Waals surface area contributed by atoms with E-state index in [0.717, 1.165) is 56.7 Å². The molecular weight excluding hydrogens is 1660 g/mol. The Labute approximate surface area is 742 Å². The van der Waals surface area contributed by atoms with Crippen molar-refractivity contribution in [1.82, 2.24) is 74.8 Å². The molecule has 0 N–H and O–H groups in total. The molecule has 0 aliphatic carbocycles. The second kappa shape index (κ2) is 44.5. The number of rotatable bonds is 25. The fourth-order valence-corrected chi connectivity index (χ4v) is 12.4. The molecule has 0 bridgehead atoms. The van der Waals surface area contributed by atoms with Crippen LogP contribution in [-0.4, -0.2) is 104 Å². The van der Waals surface area contributed by atoms with E-state index in [1.54, 1.807) is 128 Å². The first-order chi connectivity index (χ1) is 60.0. The third-order valence-electron chi connectivity index (χ3n) is 17.3. The number of ether oxygens (including phenoxy) is 5. The predicted octanol–water partition coefficient (Wildman–Crippen LogP) is 21.5. The number of aryl methyl sites for hydroxylation is 11. The van der Waals surface area contributed by atoms with Crippen LogP contribution in [0.5, 0.6) is 57.5 Å². The lowest BCUT2D eigenvalue weighted by atomic mass is 10.1. The van der Waals surface area contributed by atoms with E-state index >= 15 is 0 Å². The van der Waals surface area contributed by atoms with Crippen LogP contribution in [0, 0.1) is 76.2 Å². The number of hydrogen-bond acceptors (Lipinski definition) is 25. The zero-order valence-electron chi connectivity index (χ0n) is 69.9. The third-order valence-corrected chi connectivity index (χ3v) is 18.2. The van der Waals surface area contributed by atoms with Gasteiger partial charge in [0.25, 0.3) is 0 Å². The Kier molecular flexibility index (Phi) is 32.6. The van der Waals surface area contributed by atoms with Crippen LogP contribution in [0.15, 0.2) is 244 Å². The first-order valence-electron chi connectivity index (χ1n) is 38.9. The molecule has 0 aliphatic heterocycles. The van der Waals surface area contributed by atoms with Crippen molar-refractivity contribution in [1.29, 1.82) is 0 Å². The Morgan fingerprint density at radius 1 is 0.224 bits per heavy atom. The Balaban J connectivity index is 0.000000152. The van der Waals surface area contributed by atoms with Gasteiger partial charge < -0.3 is 23.7 Å². The molecule has 0 unspecified atom stereocenters. The van der Waals surface area contributed by atoms with Gasteiger partial charge in [-0.1, -0.05) is 76.7 Å². The molecule has 29 heteroatoms. The van der Waals surface area contributed by atoms with E-state index < -0.39 is 0 Å². The molecule has 15 aromatic heterocycles. The van der Waals surface area contributed by atoms with Crippen LogP contribution in [0.2, 0.25) is 20.1 Å². The van der Waals surface area contributed by atoms with Crippen LogP contribution in [0.4, 0.5) is 0 Å². The van der Waals surface area contributed by atoms with Gasteiger partial charge in [0, 0.05) is 202 Å². The van der Waals surface area contributed by atoms with E-state index in [4.69, 9.17) is 70.1 Å². The average Bonchev–Trinajstić information content (AvgIpc) is 0.852. The summed E-state index contributed by atoms with van der Waals surface area (Å²) in [6, 6.07) is 51.7. The molecular formula is C96H83Cl4N15O10. The average molecular weight is 1750 g/mol. The largest absolute Gasteiger partial charge is 0.456 e. The summed E-state index contributed by atoms with van der Waals surface area (Å²) in [5.41, 5.74) is 14.5. The molecule has 125 heavy (non-hydrogen) atoms. The molecule has 0 spiro atoms. The van der Waals surface area contributed by atoms with E-state index in [0.29, 0.717) is 140 Å². The minimum Gasteiger partial charge on any atom is -0.456 e. The summed E-state index contributed by atoms with van der Waals surface area (Å²) in [5, 5.41) is 1.91. The summed E-state index contributed by atoms with van der Waals surface area (Å²) in [5.74, 6) is 4.67. The van der Waals surface area contributed by atoms with Crippen molar-refractivity contribution in [3.63, 3.8) is 0 Å². The number of ketones is 5. The molecule has 0 saturated heterocycles. The number of aromatic nitrogens is 15. The van der Waals surface area contributed by atoms with E-state index in [-0.39, 0.29) is 61.0 Å². The van der Waals surface area contributed by atoms with E-state index in [2.05, 4.69) is 74.8 Å². The molecule has 0 radical (unpaired) electrons. The lowest BCUT2D eigenvalue weighted by Gasteiger charge is -2.08. The second-order valence-electron chi connectivity index (χ2n) is 28.6. The number of nitrogens with zero attached hydrogens (tertiary/aromatic N) is 15. The van der Waals surface area contributed by atoms with Crippen molar-refractivity contribution < 1.29 is 47.7 Å². The molecule has 630 valence electrons. The quantitative estimate of drug-likeness (QED) is 0.0480. The van der Waals surface area contributed by atoms with Crippen molar-refractivity contribution >= 4 is 75.3 Å². The summed E-state index contributed by atoms with van der Waals surface area (Å²) in [7, 11) is 0. The van der Waals surface area contributed by atoms with Gasteiger partial charge >= 0.3 is 0 Å². The zero-order valence-corrected chi connectivity index (χ0v) is 73.0. The zero-order chi connectivity index (χ0) is 89.1. The first-order valence-corrected chi connectivity index (χ1v) is 40.4. The molecule has 0 aliphatic rings. The van der Waals surface area contributed by atoms with Crippen molar-refractivity contribution in [2.75, 3.05) is 0 Å². The monoisotopic (exact) mass is 1750 g/mol. The number of Topliss-reactive ketones (excluding diaryl/α,β-unsaturated/α-hetero) is 5. The standard InChI is InChI=1S/C20H19N3O2.4C19H16ClN3O2/c1-13-7-8-17(12-21-13)25-18-9-15(3)23-19(11-18)20(24)10-16-6-4-5-14(2)22-16;2*1-12-3-4-15(22-9-12)7-19(24)18-8-16(5-13(2)23-18)25-17-6-14(20)10-21-11-17;2*1-12-4-3-5-15(22-12)8-19(24)18-9-16(6-13(2)23-18)25-17-7-14(20)10-21-11-17/h4-9,11-12H,10H2,1-3H3;2*3-6,8-11H,7H2,1-2H3;2*3-7,9-11H,8H2,1-2H3. The number of carbonyl (C=O) groups excluding carboxylic acids is 5. The summed E-state index contributed by atoms with van der Waals surface area (Å²) in [6.45, 7) is 20.6. The van der Waals surface area contributed by atoms with Crippen molar-refractivity contribution in [2.45, 2.75) is 108 Å². The van der Waals surface area contributed by atoms with Crippen molar-refractivity contribution in [2.24, 2.45) is 0 Å². The van der Waals surface area contributed by atoms with Crippen LogP contribution < -0.4 is 23.7 Å². The Morgan fingerprint density at radius 3 is 0.720 bits per heavy atom. The van der Waals surface area contributed by atoms with Crippen LogP contribution in [0.1, 0.15) is 143 Å². The van der Waals surface area contributed by atoms with Crippen LogP contribution in [0.25, 0.3) is 0 Å². The molecule has 0 fully saturated rings. The normalized spacial score (nSPS) is 10.5. The fourth-order valence-electron chi connectivity index (χ4n) is 11.8. The van der Waals surface area contributed by atoms with Gasteiger partial charge in [-0.25, -0.2) is 24.9 Å². The predicted molar refractivity (Wildman–Crippen MR) is 476 cm³/mol. The van der Waals surface area contributed by atoms with Gasteiger partial charge in [-0.15, -0.1) is 0 Å². The molecule has 15 aromatic rings. The molecule has 15 heterocycles. The van der Waals surface area contributed by atoms with E-state index in [1.807, 2.05) is 167 Å². The molecule has 15 rings (SSSR count). The Bertz CT molecular complexity index is 6050. The molecule has 0 amide bonds. The smallest absolute Gasteiger partial charge is 0.187 e. The third kappa shape index (κ3) is 30.1. The first kappa shape index (κ1) is 91.5. The SMILES string of the molecule is Cc1ccc(CC(=O)c2cc(Oc3cncc(Cl)c3)cc(C)n2)nc1.Cc1ccc(CC(=O)c2cc(Oc3cncc(Cl)c3)cc(C)n2)nc1.Cc1ccc(Oc2cc(C)nc(C(=O)Cc3cccc(C)n3)c2)cn1.Cc1cccc(CC(=O)c2cc(Oc3cncc(Cl)c3)cc(C)n2)n1.Cc1cccc(CC(=O)c2cc(Oc3cncc(Cl)c3)cc(C)n2)n1. The van der Waals surface area contributed by atoms with Gasteiger partial charge in [0.1, 0.15) is 86.0 Å². The van der Waals surface area contributed by atoms with Gasteiger partial charge in [0.05, 0.1) is 83.2 Å². The minimum atomic E-state index is -0.117. The molecule has 0 saturated carbocycles. The summed E-state index contributed by atoms with van der Waals surface area (Å²) < 4.78 is 28.8. The second-order valence-corrected chi connectivity index (χ2v) is 30.4. The highest BCUT2D eigenvalue weighted by Gasteiger charge is 2.20. The van der Waals surface area contributed by atoms with Gasteiger partial charge in [-0.05, 0) is 148 Å². The van der Waals surface area contributed by atoms with Crippen molar-refractivity contribution in [3.05, 3.63) is 383 Å². The topological polar surface area (TPSA) is 325 Å². The van der Waals surface area contributed by atoms with Crippen LogP contribution in [0.3, 0.4) is 0 Å². The lowest BCUT2D eigenvalue weighted by Crippen LogP contribution is -2.08. The molecule has 0 aromatic carbocycles. The summed E-state index contributed by atoms with van der Waals surface area (Å²) >= 11 is 23.6. The number of hydrogen-bond donors (Lipinski definition) is 0. The van der Waals surface area contributed by atoms with Gasteiger partial charge in [0.2, 0.25) is 0 Å². The highest BCUT2D eigenvalue weighted by atomic mass is 35.5. The highest BCUT2D eigenvalue weighted by molar-refractivity contribution is 6.31. The molecule has 25 nitrogen and oxygen atoms in total. The van der Waals surface area contributed by atoms with Crippen molar-refractivity contribution in [3.8, 4) is 57.5 Å². The Morgan fingerprint density at radius 2 is 0.488 bits per heavy atom. The summed E-state index contributed by atoms with van der Waals surface area (Å²) in [6.07, 6.45) is 18.4. The lowest BCUT2D eigenvalue weighted by molar-refractivity contribution is 0.0978.